The van der Waals surface area contributed by atoms with E-state index in [2.05, 4.69) is 15.1 Å². The summed E-state index contributed by atoms with van der Waals surface area (Å²) in [5.41, 5.74) is 1.07. The Morgan fingerprint density at radius 1 is 1.30 bits per heavy atom. The summed E-state index contributed by atoms with van der Waals surface area (Å²) in [5.74, 6) is 7.73. The predicted molar refractivity (Wildman–Crippen MR) is 96.5 cm³/mol. The van der Waals surface area contributed by atoms with Gasteiger partial charge in [-0.05, 0) is 18.2 Å². The largest absolute Gasteiger partial charge is 0.463 e. The van der Waals surface area contributed by atoms with Crippen molar-refractivity contribution >= 4 is 17.3 Å². The molecule has 138 valence electrons. The third-order valence-electron chi connectivity index (χ3n) is 4.61. The van der Waals surface area contributed by atoms with Crippen LogP contribution < -0.4 is 16.5 Å². The van der Waals surface area contributed by atoms with Crippen molar-refractivity contribution < 1.29 is 4.42 Å². The highest BCUT2D eigenvalue weighted by Crippen LogP contribution is 2.26. The van der Waals surface area contributed by atoms with E-state index in [0.717, 1.165) is 0 Å². The zero-order chi connectivity index (χ0) is 18.5. The average Bonchev–Trinajstić information content (AvgIpc) is 3.43. The van der Waals surface area contributed by atoms with Crippen molar-refractivity contribution in [2.75, 3.05) is 11.7 Å². The molecule has 2 N–H and O–H groups in total. The maximum Gasteiger partial charge on any atom is 0.345 e. The maximum atomic E-state index is 12.8. The second-order valence-electron chi connectivity index (χ2n) is 6.22. The minimum absolute atomic E-state index is 0.180. The number of imidazole rings is 1. The van der Waals surface area contributed by atoms with Gasteiger partial charge in [-0.3, -0.25) is 19.3 Å². The molecule has 0 atom stereocenters. The van der Waals surface area contributed by atoms with Crippen molar-refractivity contribution in [3.8, 4) is 0 Å². The van der Waals surface area contributed by atoms with Crippen LogP contribution in [-0.2, 0) is 20.1 Å². The molecular weight excluding hydrogens is 350 g/mol. The molecule has 0 saturated heterocycles. The molecule has 0 amide bonds. The molecule has 1 aliphatic rings. The van der Waals surface area contributed by atoms with Crippen LogP contribution in [0.5, 0.6) is 0 Å². The number of hydrogen-bond acceptors (Lipinski definition) is 7. The molecule has 0 bridgehead atoms. The zero-order valence-corrected chi connectivity index (χ0v) is 14.6. The van der Waals surface area contributed by atoms with Crippen LogP contribution in [-0.4, -0.2) is 40.9 Å². The molecular formula is C16H17N9O2. The van der Waals surface area contributed by atoms with Crippen LogP contribution in [0.4, 0.5) is 5.82 Å². The van der Waals surface area contributed by atoms with Crippen LogP contribution in [0.15, 0.2) is 51.1 Å². The Bertz CT molecular complexity index is 1190. The highest BCUT2D eigenvalue weighted by molar-refractivity contribution is 6.14. The molecule has 4 aromatic rings. The van der Waals surface area contributed by atoms with E-state index in [0.29, 0.717) is 41.9 Å². The van der Waals surface area contributed by atoms with Gasteiger partial charge in [0.2, 0.25) is 5.78 Å². The Morgan fingerprint density at radius 3 is 2.93 bits per heavy atom. The predicted octanol–water partition coefficient (Wildman–Crippen LogP) is -0.187. The smallest absolute Gasteiger partial charge is 0.345 e. The number of rotatable bonds is 4. The number of nitrogens with zero attached hydrogens (tertiary/aromatic N) is 8. The van der Waals surface area contributed by atoms with Gasteiger partial charge in [0.15, 0.2) is 11.6 Å². The number of furan rings is 1. The number of hydrazine groups is 1. The first-order valence-electron chi connectivity index (χ1n) is 8.42. The lowest BCUT2D eigenvalue weighted by molar-refractivity contribution is 0.524. The summed E-state index contributed by atoms with van der Waals surface area (Å²) in [7, 11) is 1.69. The summed E-state index contributed by atoms with van der Waals surface area (Å²) >= 11 is 0. The van der Waals surface area contributed by atoms with Gasteiger partial charge in [-0.15, -0.1) is 0 Å². The van der Waals surface area contributed by atoms with Crippen LogP contribution in [0.25, 0.3) is 5.78 Å². The van der Waals surface area contributed by atoms with Gasteiger partial charge in [0.05, 0.1) is 19.4 Å². The second kappa shape index (κ2) is 5.71. The Hall–Kier alpha value is -3.60. The quantitative estimate of drug-likeness (QED) is 0.500. The lowest BCUT2D eigenvalue weighted by atomic mass is 10.2. The van der Waals surface area contributed by atoms with Crippen molar-refractivity contribution in [3.63, 3.8) is 0 Å². The minimum Gasteiger partial charge on any atom is -0.463 e. The third-order valence-corrected chi connectivity index (χ3v) is 4.61. The summed E-state index contributed by atoms with van der Waals surface area (Å²) in [6.45, 7) is 1.23. The highest BCUT2D eigenvalue weighted by Gasteiger charge is 2.30. The fourth-order valence-electron chi connectivity index (χ4n) is 3.33. The summed E-state index contributed by atoms with van der Waals surface area (Å²) in [6, 6.07) is 5.45. The minimum atomic E-state index is -0.180. The fraction of sp³-hybridized carbons (Fsp3) is 0.250. The second-order valence-corrected chi connectivity index (χ2v) is 6.22. The van der Waals surface area contributed by atoms with E-state index >= 15 is 0 Å². The molecule has 5 rings (SSSR count). The first-order valence-corrected chi connectivity index (χ1v) is 8.42. The Morgan fingerprint density at radius 2 is 2.19 bits per heavy atom. The Labute approximate surface area is 152 Å². The van der Waals surface area contributed by atoms with Gasteiger partial charge in [-0.25, -0.2) is 19.8 Å². The van der Waals surface area contributed by atoms with Crippen molar-refractivity contribution in [2.24, 2.45) is 17.9 Å². The van der Waals surface area contributed by atoms with Gasteiger partial charge in [-0.1, -0.05) is 0 Å². The normalized spacial score (nSPS) is 14.0. The summed E-state index contributed by atoms with van der Waals surface area (Å²) < 4.78 is 12.1. The summed E-state index contributed by atoms with van der Waals surface area (Å²) in [4.78, 5) is 21.9. The topological polar surface area (TPSA) is 117 Å². The number of aromatic nitrogens is 6. The van der Waals surface area contributed by atoms with Crippen LogP contribution >= 0.6 is 0 Å². The molecule has 1 aliphatic heterocycles. The number of hydrogen-bond donors (Lipinski definition) is 1. The summed E-state index contributed by atoms with van der Waals surface area (Å²) in [5, 5.41) is 5.63. The lowest BCUT2D eigenvalue weighted by Gasteiger charge is -2.20. The van der Waals surface area contributed by atoms with E-state index in [1.165, 1.54) is 9.69 Å². The zero-order valence-electron chi connectivity index (χ0n) is 14.6. The standard InChI is InChI=1S/C16H17N9O2/c1-21-16(26)23(8-7-22-6-3-5-19-22)15-20-14-13(25(15)21)12(18-10-24(14)17)11-4-2-9-27-11/h2-6,9H,7-8,10,17H2,1H3. The summed E-state index contributed by atoms with van der Waals surface area (Å²) in [6.07, 6.45) is 5.14. The molecule has 0 aromatic carbocycles. The van der Waals surface area contributed by atoms with Gasteiger partial charge in [0.25, 0.3) is 0 Å². The number of aryl methyl sites for hydroxylation is 3. The fourth-order valence-corrected chi connectivity index (χ4v) is 3.33. The molecule has 4 aromatic heterocycles. The lowest BCUT2D eigenvalue weighted by Crippen LogP contribution is -2.37. The van der Waals surface area contributed by atoms with Crippen LogP contribution in [0.1, 0.15) is 11.5 Å². The van der Waals surface area contributed by atoms with E-state index in [1.807, 2.05) is 18.3 Å². The molecule has 0 spiro atoms. The molecule has 11 nitrogen and oxygen atoms in total. The van der Waals surface area contributed by atoms with Crippen molar-refractivity contribution in [2.45, 2.75) is 13.1 Å². The number of aliphatic imine (C=N–C) groups is 1. The molecule has 0 aliphatic carbocycles. The van der Waals surface area contributed by atoms with Crippen LogP contribution in [0, 0.1) is 0 Å². The highest BCUT2D eigenvalue weighted by atomic mass is 16.3. The van der Waals surface area contributed by atoms with E-state index in [-0.39, 0.29) is 12.4 Å². The first kappa shape index (κ1) is 15.6. The van der Waals surface area contributed by atoms with Crippen molar-refractivity contribution in [1.82, 2.24) is 28.5 Å². The van der Waals surface area contributed by atoms with E-state index in [9.17, 15) is 4.79 Å². The molecule has 0 unspecified atom stereocenters. The number of nitrogens with two attached hydrogens (primary N) is 1. The van der Waals surface area contributed by atoms with Crippen molar-refractivity contribution in [1.29, 1.82) is 0 Å². The molecule has 11 heteroatoms. The van der Waals surface area contributed by atoms with Crippen LogP contribution in [0.3, 0.4) is 0 Å². The molecule has 5 heterocycles. The molecule has 0 radical (unpaired) electrons. The van der Waals surface area contributed by atoms with Gasteiger partial charge < -0.3 is 4.42 Å². The average molecular weight is 367 g/mol. The van der Waals surface area contributed by atoms with Crippen LogP contribution in [0.2, 0.25) is 0 Å². The molecule has 0 fully saturated rings. The number of anilines is 1. The Balaban J connectivity index is 1.68. The molecule has 0 saturated carbocycles. The monoisotopic (exact) mass is 367 g/mol. The van der Waals surface area contributed by atoms with Gasteiger partial charge in [0, 0.05) is 19.4 Å². The Kier molecular flexibility index (Phi) is 3.31. The third kappa shape index (κ3) is 2.25. The maximum absolute atomic E-state index is 12.8. The van der Waals surface area contributed by atoms with Gasteiger partial charge in [0.1, 0.15) is 18.1 Å². The number of fused-ring (bicyclic) bond motifs is 3. The molecule has 27 heavy (non-hydrogen) atoms. The SMILES string of the molecule is Cn1c(=O)n(CCn2cccn2)c2nc3c(n21)C(c1ccco1)=NCN3N. The van der Waals surface area contributed by atoms with E-state index in [1.54, 1.807) is 39.3 Å². The van der Waals surface area contributed by atoms with Gasteiger partial charge in [-0.2, -0.15) is 10.1 Å². The van der Waals surface area contributed by atoms with Gasteiger partial charge >= 0.3 is 5.69 Å². The first-order chi connectivity index (χ1) is 13.1. The van der Waals surface area contributed by atoms with Crippen molar-refractivity contribution in [3.05, 3.63) is 58.8 Å². The van der Waals surface area contributed by atoms with E-state index < -0.39 is 0 Å². The van der Waals surface area contributed by atoms with E-state index in [4.69, 9.17) is 10.3 Å².